The molecule has 0 saturated heterocycles. The minimum absolute atomic E-state index is 0.349. The fourth-order valence-corrected chi connectivity index (χ4v) is 2.59. The van der Waals surface area contributed by atoms with Gasteiger partial charge in [0, 0.05) is 18.0 Å². The molecule has 1 aromatic rings. The molecule has 0 unspecified atom stereocenters. The number of nitrogens with zero attached hydrogens (tertiary/aromatic N) is 2. The lowest BCUT2D eigenvalue weighted by Gasteiger charge is -2.19. The molecule has 0 fully saturated rings. The molecule has 5 heteroatoms. The zero-order valence-electron chi connectivity index (χ0n) is 10.9. The van der Waals surface area contributed by atoms with Crippen LogP contribution in [0.3, 0.4) is 0 Å². The van der Waals surface area contributed by atoms with Gasteiger partial charge in [0.25, 0.3) is 0 Å². The van der Waals surface area contributed by atoms with Crippen LogP contribution in [0.4, 0.5) is 5.13 Å². The number of carbonyl (C=O) groups excluding carboxylic acids is 1. The maximum absolute atomic E-state index is 11.5. The third kappa shape index (κ3) is 3.43. The van der Waals surface area contributed by atoms with Gasteiger partial charge >= 0.3 is 5.97 Å². The summed E-state index contributed by atoms with van der Waals surface area (Å²) >= 11 is 1.56. The maximum atomic E-state index is 11.5. The number of aryl methyl sites for hydroxylation is 1. The van der Waals surface area contributed by atoms with E-state index in [0.717, 1.165) is 35.9 Å². The van der Waals surface area contributed by atoms with Crippen molar-refractivity contribution in [2.45, 2.75) is 33.6 Å². The number of methoxy groups -OCH3 is 1. The highest BCUT2D eigenvalue weighted by Crippen LogP contribution is 2.26. The third-order valence-electron chi connectivity index (χ3n) is 2.42. The third-order valence-corrected chi connectivity index (χ3v) is 3.45. The first-order valence-electron chi connectivity index (χ1n) is 5.94. The molecule has 0 bridgehead atoms. The standard InChI is InChI=1S/C12H20N2O2S/c1-5-7-14(8-6-2)12-13-10(9(3)17-12)11(15)16-4/h5-8H2,1-4H3. The van der Waals surface area contributed by atoms with Gasteiger partial charge in [0.05, 0.1) is 7.11 Å². The lowest BCUT2D eigenvalue weighted by molar-refractivity contribution is 0.0594. The number of anilines is 1. The fourth-order valence-electron chi connectivity index (χ4n) is 1.65. The lowest BCUT2D eigenvalue weighted by atomic mass is 10.4. The molecule has 0 N–H and O–H groups in total. The van der Waals surface area contributed by atoms with Crippen molar-refractivity contribution in [1.82, 2.24) is 4.98 Å². The van der Waals surface area contributed by atoms with Crippen molar-refractivity contribution in [2.75, 3.05) is 25.1 Å². The van der Waals surface area contributed by atoms with Gasteiger partial charge in [0.1, 0.15) is 0 Å². The van der Waals surface area contributed by atoms with Crippen molar-refractivity contribution in [2.24, 2.45) is 0 Å². The summed E-state index contributed by atoms with van der Waals surface area (Å²) in [6, 6.07) is 0. The number of hydrogen-bond acceptors (Lipinski definition) is 5. The van der Waals surface area contributed by atoms with E-state index < -0.39 is 0 Å². The van der Waals surface area contributed by atoms with Gasteiger partial charge in [-0.3, -0.25) is 0 Å². The second-order valence-electron chi connectivity index (χ2n) is 3.88. The number of thiazole rings is 1. The highest BCUT2D eigenvalue weighted by Gasteiger charge is 2.18. The Morgan fingerprint density at radius 1 is 1.35 bits per heavy atom. The average Bonchev–Trinajstić information content (AvgIpc) is 2.70. The van der Waals surface area contributed by atoms with E-state index in [1.807, 2.05) is 6.92 Å². The number of rotatable bonds is 6. The number of carbonyl (C=O) groups is 1. The molecule has 96 valence electrons. The molecular weight excluding hydrogens is 236 g/mol. The normalized spacial score (nSPS) is 10.4. The number of aromatic nitrogens is 1. The Morgan fingerprint density at radius 2 is 1.94 bits per heavy atom. The maximum Gasteiger partial charge on any atom is 0.357 e. The van der Waals surface area contributed by atoms with Crippen LogP contribution in [0.25, 0.3) is 0 Å². The number of esters is 1. The van der Waals surface area contributed by atoms with Gasteiger partial charge in [0.15, 0.2) is 10.8 Å². The Hall–Kier alpha value is -1.10. The second kappa shape index (κ2) is 6.59. The van der Waals surface area contributed by atoms with E-state index in [-0.39, 0.29) is 5.97 Å². The summed E-state index contributed by atoms with van der Waals surface area (Å²) < 4.78 is 4.72. The van der Waals surface area contributed by atoms with E-state index in [1.54, 1.807) is 11.3 Å². The first kappa shape index (κ1) is 14.0. The molecule has 1 rings (SSSR count). The van der Waals surface area contributed by atoms with E-state index in [0.29, 0.717) is 5.69 Å². The van der Waals surface area contributed by atoms with E-state index in [9.17, 15) is 4.79 Å². The Kier molecular flexibility index (Phi) is 5.41. The summed E-state index contributed by atoms with van der Waals surface area (Å²) in [5.74, 6) is -0.349. The minimum Gasteiger partial charge on any atom is -0.464 e. The number of ether oxygens (including phenoxy) is 1. The van der Waals surface area contributed by atoms with Crippen LogP contribution in [0, 0.1) is 6.92 Å². The summed E-state index contributed by atoms with van der Waals surface area (Å²) in [6.45, 7) is 8.14. The average molecular weight is 256 g/mol. The summed E-state index contributed by atoms with van der Waals surface area (Å²) in [7, 11) is 1.39. The van der Waals surface area contributed by atoms with Gasteiger partial charge in [-0.1, -0.05) is 13.8 Å². The van der Waals surface area contributed by atoms with E-state index in [1.165, 1.54) is 7.11 Å². The predicted molar refractivity (Wildman–Crippen MR) is 71.0 cm³/mol. The minimum atomic E-state index is -0.349. The van der Waals surface area contributed by atoms with Crippen molar-refractivity contribution >= 4 is 22.4 Å². The SMILES string of the molecule is CCCN(CCC)c1nc(C(=O)OC)c(C)s1. The van der Waals surface area contributed by atoms with Gasteiger partial charge < -0.3 is 9.64 Å². The van der Waals surface area contributed by atoms with Crippen molar-refractivity contribution < 1.29 is 9.53 Å². The lowest BCUT2D eigenvalue weighted by Crippen LogP contribution is -2.24. The molecule has 1 aromatic heterocycles. The highest BCUT2D eigenvalue weighted by molar-refractivity contribution is 7.15. The fraction of sp³-hybridized carbons (Fsp3) is 0.667. The van der Waals surface area contributed by atoms with E-state index in [4.69, 9.17) is 4.74 Å². The molecule has 0 aliphatic heterocycles. The van der Waals surface area contributed by atoms with E-state index >= 15 is 0 Å². The zero-order chi connectivity index (χ0) is 12.8. The van der Waals surface area contributed by atoms with Gasteiger partial charge in [0.2, 0.25) is 0 Å². The molecule has 17 heavy (non-hydrogen) atoms. The number of hydrogen-bond donors (Lipinski definition) is 0. The van der Waals surface area contributed by atoms with Crippen molar-refractivity contribution in [1.29, 1.82) is 0 Å². The van der Waals surface area contributed by atoms with E-state index in [2.05, 4.69) is 23.7 Å². The van der Waals surface area contributed by atoms with Crippen LogP contribution in [0.2, 0.25) is 0 Å². The first-order chi connectivity index (χ1) is 8.13. The molecule has 4 nitrogen and oxygen atoms in total. The topological polar surface area (TPSA) is 42.4 Å². The molecule has 0 aliphatic carbocycles. The molecule has 0 atom stereocenters. The van der Waals surface area contributed by atoms with Crippen LogP contribution < -0.4 is 4.90 Å². The Balaban J connectivity index is 2.93. The Labute approximate surface area is 107 Å². The van der Waals surface area contributed by atoms with Crippen LogP contribution in [0.1, 0.15) is 42.1 Å². The molecule has 0 amide bonds. The van der Waals surface area contributed by atoms with Crippen molar-refractivity contribution in [3.05, 3.63) is 10.6 Å². The highest BCUT2D eigenvalue weighted by atomic mass is 32.1. The molecule has 1 heterocycles. The molecule has 0 aromatic carbocycles. The molecule has 0 radical (unpaired) electrons. The largest absolute Gasteiger partial charge is 0.464 e. The van der Waals surface area contributed by atoms with Crippen molar-refractivity contribution in [3.63, 3.8) is 0 Å². The van der Waals surface area contributed by atoms with Gasteiger partial charge in [-0.15, -0.1) is 11.3 Å². The Morgan fingerprint density at radius 3 is 2.41 bits per heavy atom. The predicted octanol–water partition coefficient (Wildman–Crippen LogP) is 2.86. The zero-order valence-corrected chi connectivity index (χ0v) is 11.8. The van der Waals surface area contributed by atoms with Crippen LogP contribution in [-0.4, -0.2) is 31.2 Å². The monoisotopic (exact) mass is 256 g/mol. The van der Waals surface area contributed by atoms with Crippen molar-refractivity contribution in [3.8, 4) is 0 Å². The smallest absolute Gasteiger partial charge is 0.357 e. The quantitative estimate of drug-likeness (QED) is 0.734. The summed E-state index contributed by atoms with van der Waals surface area (Å²) in [5.41, 5.74) is 0.449. The van der Waals surface area contributed by atoms with Crippen LogP contribution in [-0.2, 0) is 4.74 Å². The summed E-state index contributed by atoms with van der Waals surface area (Å²) in [5, 5.41) is 0.923. The summed E-state index contributed by atoms with van der Waals surface area (Å²) in [6.07, 6.45) is 2.15. The molecule has 0 aliphatic rings. The first-order valence-corrected chi connectivity index (χ1v) is 6.76. The second-order valence-corrected chi connectivity index (χ2v) is 5.06. The van der Waals surface area contributed by atoms with Crippen LogP contribution in [0.5, 0.6) is 0 Å². The summed E-state index contributed by atoms with van der Waals surface area (Å²) in [4.78, 5) is 19.0. The molecule has 0 saturated carbocycles. The van der Waals surface area contributed by atoms with Crippen LogP contribution >= 0.6 is 11.3 Å². The van der Waals surface area contributed by atoms with Crippen LogP contribution in [0.15, 0.2) is 0 Å². The molecular formula is C12H20N2O2S. The Bertz CT molecular complexity index is 371. The van der Waals surface area contributed by atoms with Gasteiger partial charge in [-0.25, -0.2) is 9.78 Å². The van der Waals surface area contributed by atoms with Gasteiger partial charge in [-0.05, 0) is 19.8 Å². The van der Waals surface area contributed by atoms with Gasteiger partial charge in [-0.2, -0.15) is 0 Å². The molecule has 0 spiro atoms.